The van der Waals surface area contributed by atoms with Gasteiger partial charge >= 0.3 is 0 Å². The van der Waals surface area contributed by atoms with Crippen molar-refractivity contribution < 1.29 is 9.18 Å². The summed E-state index contributed by atoms with van der Waals surface area (Å²) in [5, 5.41) is 0.948. The minimum absolute atomic E-state index is 0.147. The molecule has 1 aliphatic rings. The van der Waals surface area contributed by atoms with Crippen molar-refractivity contribution in [2.45, 2.75) is 6.92 Å². The SMILES string of the molecule is C/C(=C1/SC(=Nc2ccncc2Cl)N(C)C1=O)c1ccc(F)cc1. The minimum atomic E-state index is -0.311. The van der Waals surface area contributed by atoms with Crippen LogP contribution in [0.1, 0.15) is 12.5 Å². The van der Waals surface area contributed by atoms with Crippen molar-refractivity contribution in [3.63, 3.8) is 0 Å². The second-order valence-corrected chi connectivity index (χ2v) is 6.53. The monoisotopic (exact) mass is 361 g/mol. The van der Waals surface area contributed by atoms with Crippen LogP contribution in [0.4, 0.5) is 10.1 Å². The highest BCUT2D eigenvalue weighted by Gasteiger charge is 2.32. The van der Waals surface area contributed by atoms with Crippen molar-refractivity contribution in [2.24, 2.45) is 4.99 Å². The Labute approximate surface area is 148 Å². The average Bonchev–Trinajstić information content (AvgIpc) is 2.85. The van der Waals surface area contributed by atoms with Gasteiger partial charge in [-0.05, 0) is 48.0 Å². The van der Waals surface area contributed by atoms with Crippen LogP contribution in [0, 0.1) is 5.82 Å². The molecule has 1 amide bonds. The maximum atomic E-state index is 13.1. The van der Waals surface area contributed by atoms with Crippen LogP contribution in [0.5, 0.6) is 0 Å². The van der Waals surface area contributed by atoms with E-state index in [4.69, 9.17) is 11.6 Å². The van der Waals surface area contributed by atoms with E-state index < -0.39 is 0 Å². The number of nitrogens with zero attached hydrogens (tertiary/aromatic N) is 3. The van der Waals surface area contributed by atoms with Crippen molar-refractivity contribution in [2.75, 3.05) is 7.05 Å². The summed E-state index contributed by atoms with van der Waals surface area (Å²) in [7, 11) is 1.66. The molecular formula is C17H13ClFN3OS. The quantitative estimate of drug-likeness (QED) is 0.740. The molecule has 1 saturated heterocycles. The van der Waals surface area contributed by atoms with E-state index in [0.717, 1.165) is 11.1 Å². The molecule has 1 aromatic heterocycles. The van der Waals surface area contributed by atoms with Crippen LogP contribution in [-0.2, 0) is 4.79 Å². The number of halogens is 2. The van der Waals surface area contributed by atoms with E-state index in [1.807, 2.05) is 6.92 Å². The molecule has 0 aliphatic carbocycles. The zero-order valence-corrected chi connectivity index (χ0v) is 14.5. The van der Waals surface area contributed by atoms with Crippen molar-refractivity contribution in [1.29, 1.82) is 0 Å². The third-order valence-electron chi connectivity index (χ3n) is 3.56. The molecule has 2 aromatic rings. The fourth-order valence-electron chi connectivity index (χ4n) is 2.17. The average molecular weight is 362 g/mol. The number of aromatic nitrogens is 1. The van der Waals surface area contributed by atoms with Gasteiger partial charge in [-0.15, -0.1) is 0 Å². The lowest BCUT2D eigenvalue weighted by Gasteiger charge is -2.07. The first kappa shape index (κ1) is 16.7. The van der Waals surface area contributed by atoms with Crippen LogP contribution in [0.2, 0.25) is 5.02 Å². The van der Waals surface area contributed by atoms with Gasteiger partial charge in [-0.25, -0.2) is 9.38 Å². The van der Waals surface area contributed by atoms with Crippen molar-refractivity contribution in [3.8, 4) is 0 Å². The molecule has 4 nitrogen and oxygen atoms in total. The lowest BCUT2D eigenvalue weighted by Crippen LogP contribution is -2.23. The highest BCUT2D eigenvalue weighted by Crippen LogP contribution is 2.37. The van der Waals surface area contributed by atoms with Gasteiger partial charge in [-0.2, -0.15) is 0 Å². The molecular weight excluding hydrogens is 349 g/mol. The van der Waals surface area contributed by atoms with Crippen LogP contribution >= 0.6 is 23.4 Å². The highest BCUT2D eigenvalue weighted by atomic mass is 35.5. The van der Waals surface area contributed by atoms with E-state index in [1.165, 1.54) is 35.0 Å². The Morgan fingerprint density at radius 2 is 2.00 bits per heavy atom. The summed E-state index contributed by atoms with van der Waals surface area (Å²) in [4.78, 5) is 22.9. The summed E-state index contributed by atoms with van der Waals surface area (Å²) >= 11 is 7.34. The number of benzene rings is 1. The number of pyridine rings is 1. The van der Waals surface area contributed by atoms with Gasteiger partial charge in [0.15, 0.2) is 5.17 Å². The molecule has 2 heterocycles. The van der Waals surface area contributed by atoms with Gasteiger partial charge in [0.2, 0.25) is 0 Å². The molecule has 24 heavy (non-hydrogen) atoms. The second-order valence-electron chi connectivity index (χ2n) is 5.15. The molecule has 7 heteroatoms. The van der Waals surface area contributed by atoms with E-state index in [2.05, 4.69) is 9.98 Å². The maximum Gasteiger partial charge on any atom is 0.266 e. The number of carbonyl (C=O) groups excluding carboxylic acids is 1. The summed E-state index contributed by atoms with van der Waals surface area (Å²) in [6, 6.07) is 7.74. The van der Waals surface area contributed by atoms with Gasteiger partial charge in [0.05, 0.1) is 15.6 Å². The zero-order chi connectivity index (χ0) is 17.3. The minimum Gasteiger partial charge on any atom is -0.290 e. The van der Waals surface area contributed by atoms with Gasteiger partial charge in [0.1, 0.15) is 5.82 Å². The van der Waals surface area contributed by atoms with Gasteiger partial charge in [0.25, 0.3) is 5.91 Å². The van der Waals surface area contributed by atoms with Crippen LogP contribution in [0.25, 0.3) is 5.57 Å². The lowest BCUT2D eigenvalue weighted by atomic mass is 10.1. The zero-order valence-electron chi connectivity index (χ0n) is 13.0. The molecule has 122 valence electrons. The fraction of sp³-hybridized carbons (Fsp3) is 0.118. The van der Waals surface area contributed by atoms with E-state index in [0.29, 0.717) is 20.8 Å². The molecule has 3 rings (SSSR count). The number of aliphatic imine (C=N–C) groups is 1. The van der Waals surface area contributed by atoms with Crippen molar-refractivity contribution in [1.82, 2.24) is 9.88 Å². The molecule has 0 saturated carbocycles. The Morgan fingerprint density at radius 3 is 2.67 bits per heavy atom. The van der Waals surface area contributed by atoms with Gasteiger partial charge in [0, 0.05) is 19.4 Å². The number of thioether (sulfide) groups is 1. The standard InChI is InChI=1S/C17H13ClFN3OS/c1-10(11-3-5-12(19)6-4-11)15-16(23)22(2)17(24-15)21-14-7-8-20-9-13(14)18/h3-9H,1-2H3/b15-10-,21-17?. The fourth-order valence-corrected chi connectivity index (χ4v) is 3.37. The van der Waals surface area contributed by atoms with Crippen LogP contribution < -0.4 is 0 Å². The molecule has 0 unspecified atom stereocenters. The van der Waals surface area contributed by atoms with Crippen molar-refractivity contribution >= 4 is 45.7 Å². The first-order chi connectivity index (χ1) is 11.5. The molecule has 0 radical (unpaired) electrons. The number of hydrogen-bond acceptors (Lipinski definition) is 4. The molecule has 1 fully saturated rings. The number of carbonyl (C=O) groups is 1. The normalized spacial score (nSPS) is 18.4. The first-order valence-corrected chi connectivity index (χ1v) is 8.27. The summed E-state index contributed by atoms with van der Waals surface area (Å²) < 4.78 is 13.1. The third kappa shape index (κ3) is 3.20. The second kappa shape index (κ2) is 6.75. The Kier molecular flexibility index (Phi) is 4.69. The van der Waals surface area contributed by atoms with E-state index in [1.54, 1.807) is 31.4 Å². The molecule has 0 spiro atoms. The Bertz CT molecular complexity index is 864. The Morgan fingerprint density at radius 1 is 1.29 bits per heavy atom. The number of amides is 1. The van der Waals surface area contributed by atoms with E-state index in [-0.39, 0.29) is 11.7 Å². The number of rotatable bonds is 2. The topological polar surface area (TPSA) is 45.6 Å². The van der Waals surface area contributed by atoms with Gasteiger partial charge in [-0.1, -0.05) is 23.7 Å². The number of likely N-dealkylation sites (N-methyl/N-ethyl adjacent to an activating group) is 1. The molecule has 0 N–H and O–H groups in total. The smallest absolute Gasteiger partial charge is 0.266 e. The number of hydrogen-bond donors (Lipinski definition) is 0. The summed E-state index contributed by atoms with van der Waals surface area (Å²) in [5.41, 5.74) is 2.13. The summed E-state index contributed by atoms with van der Waals surface area (Å²) in [5.74, 6) is -0.459. The van der Waals surface area contributed by atoms with Gasteiger partial charge in [-0.3, -0.25) is 14.7 Å². The Hall–Kier alpha value is -2.18. The number of allylic oxidation sites excluding steroid dienone is 1. The van der Waals surface area contributed by atoms with Gasteiger partial charge < -0.3 is 0 Å². The summed E-state index contributed by atoms with van der Waals surface area (Å²) in [6.07, 6.45) is 3.09. The molecule has 1 aliphatic heterocycles. The van der Waals surface area contributed by atoms with Crippen LogP contribution in [-0.4, -0.2) is 28.0 Å². The predicted molar refractivity (Wildman–Crippen MR) is 95.7 cm³/mol. The highest BCUT2D eigenvalue weighted by molar-refractivity contribution is 8.18. The maximum absolute atomic E-state index is 13.1. The first-order valence-electron chi connectivity index (χ1n) is 7.08. The van der Waals surface area contributed by atoms with E-state index in [9.17, 15) is 9.18 Å². The largest absolute Gasteiger partial charge is 0.290 e. The molecule has 1 aromatic carbocycles. The Balaban J connectivity index is 1.98. The predicted octanol–water partition coefficient (Wildman–Crippen LogP) is 4.50. The van der Waals surface area contributed by atoms with Crippen LogP contribution in [0.15, 0.2) is 52.6 Å². The van der Waals surface area contributed by atoms with Crippen LogP contribution in [0.3, 0.4) is 0 Å². The number of amidine groups is 1. The van der Waals surface area contributed by atoms with E-state index >= 15 is 0 Å². The van der Waals surface area contributed by atoms with Crippen molar-refractivity contribution in [3.05, 3.63) is 64.0 Å². The molecule has 0 bridgehead atoms. The lowest BCUT2D eigenvalue weighted by molar-refractivity contribution is -0.121. The third-order valence-corrected chi connectivity index (χ3v) is 5.09. The summed E-state index contributed by atoms with van der Waals surface area (Å²) in [6.45, 7) is 1.84. The molecule has 0 atom stereocenters.